The molecule has 3 heteroatoms. The van der Waals surface area contributed by atoms with E-state index in [1.807, 2.05) is 30.5 Å². The minimum Gasteiger partial charge on any atom is -0.496 e. The molecular weight excluding hydrogens is 260 g/mol. The zero-order valence-electron chi connectivity index (χ0n) is 12.0. The van der Waals surface area contributed by atoms with E-state index < -0.39 is 0 Å². The van der Waals surface area contributed by atoms with Gasteiger partial charge in [0.25, 0.3) is 0 Å². The lowest BCUT2D eigenvalue weighted by Crippen LogP contribution is -2.13. The van der Waals surface area contributed by atoms with E-state index in [1.54, 1.807) is 7.11 Å². The van der Waals surface area contributed by atoms with Crippen LogP contribution in [-0.2, 0) is 13.1 Å². The number of nitrogens with one attached hydrogen (secondary N) is 1. The van der Waals surface area contributed by atoms with Gasteiger partial charge >= 0.3 is 0 Å². The van der Waals surface area contributed by atoms with Gasteiger partial charge in [0.05, 0.1) is 12.6 Å². The number of para-hydroxylation sites is 2. The summed E-state index contributed by atoms with van der Waals surface area (Å²) in [5, 5.41) is 4.64. The first-order chi connectivity index (χ1) is 10.4. The Morgan fingerprint density at radius 3 is 2.57 bits per heavy atom. The third-order valence-electron chi connectivity index (χ3n) is 3.54. The van der Waals surface area contributed by atoms with E-state index in [0.29, 0.717) is 0 Å². The number of pyridine rings is 1. The van der Waals surface area contributed by atoms with Gasteiger partial charge in [0.2, 0.25) is 0 Å². The van der Waals surface area contributed by atoms with Crippen LogP contribution in [0.25, 0.3) is 10.9 Å². The number of rotatable bonds is 5. The van der Waals surface area contributed by atoms with Gasteiger partial charge in [-0.3, -0.25) is 4.98 Å². The molecule has 0 fully saturated rings. The number of ether oxygens (including phenoxy) is 1. The summed E-state index contributed by atoms with van der Waals surface area (Å²) >= 11 is 0. The molecule has 0 radical (unpaired) electrons. The Balaban J connectivity index is 1.72. The van der Waals surface area contributed by atoms with Crippen molar-refractivity contribution in [2.24, 2.45) is 0 Å². The summed E-state index contributed by atoms with van der Waals surface area (Å²) in [5.74, 6) is 0.918. The fourth-order valence-electron chi connectivity index (χ4n) is 2.49. The lowest BCUT2D eigenvalue weighted by Gasteiger charge is -2.10. The molecule has 3 rings (SSSR count). The first-order valence-corrected chi connectivity index (χ1v) is 7.04. The summed E-state index contributed by atoms with van der Waals surface area (Å²) < 4.78 is 5.37. The predicted octanol–water partition coefficient (Wildman–Crippen LogP) is 3.53. The Kier molecular flexibility index (Phi) is 4.12. The van der Waals surface area contributed by atoms with Gasteiger partial charge in [-0.2, -0.15) is 0 Å². The van der Waals surface area contributed by atoms with E-state index in [4.69, 9.17) is 4.74 Å². The van der Waals surface area contributed by atoms with Crippen molar-refractivity contribution in [1.82, 2.24) is 10.3 Å². The summed E-state index contributed by atoms with van der Waals surface area (Å²) in [5.41, 5.74) is 3.43. The maximum Gasteiger partial charge on any atom is 0.123 e. The fraction of sp³-hybridized carbons (Fsp3) is 0.167. The van der Waals surface area contributed by atoms with Gasteiger partial charge in [-0.25, -0.2) is 0 Å². The lowest BCUT2D eigenvalue weighted by atomic mass is 10.1. The number of methoxy groups -OCH3 is 1. The highest BCUT2D eigenvalue weighted by Gasteiger charge is 2.03. The molecule has 0 aliphatic heterocycles. The predicted molar refractivity (Wildman–Crippen MR) is 85.3 cm³/mol. The monoisotopic (exact) mass is 278 g/mol. The van der Waals surface area contributed by atoms with Gasteiger partial charge in [-0.15, -0.1) is 0 Å². The molecular formula is C18H18N2O. The molecule has 0 saturated heterocycles. The SMILES string of the molecule is COc1ccccc1CNCc1cccc2cccnc12. The summed E-state index contributed by atoms with van der Waals surface area (Å²) in [6.45, 7) is 1.56. The smallest absolute Gasteiger partial charge is 0.123 e. The normalized spacial score (nSPS) is 10.7. The van der Waals surface area contributed by atoms with Crippen molar-refractivity contribution in [2.75, 3.05) is 7.11 Å². The highest BCUT2D eigenvalue weighted by Crippen LogP contribution is 2.18. The van der Waals surface area contributed by atoms with Gasteiger partial charge in [0, 0.05) is 30.2 Å². The van der Waals surface area contributed by atoms with Crippen molar-refractivity contribution < 1.29 is 4.74 Å². The van der Waals surface area contributed by atoms with Crippen LogP contribution in [0, 0.1) is 0 Å². The quantitative estimate of drug-likeness (QED) is 0.775. The molecule has 0 aliphatic rings. The van der Waals surface area contributed by atoms with Crippen LogP contribution in [-0.4, -0.2) is 12.1 Å². The lowest BCUT2D eigenvalue weighted by molar-refractivity contribution is 0.407. The second-order valence-corrected chi connectivity index (χ2v) is 4.91. The average molecular weight is 278 g/mol. The summed E-state index contributed by atoms with van der Waals surface area (Å²) in [6, 6.07) is 18.4. The molecule has 2 aromatic carbocycles. The maximum absolute atomic E-state index is 5.37. The van der Waals surface area contributed by atoms with E-state index in [2.05, 4.69) is 40.6 Å². The van der Waals surface area contributed by atoms with E-state index in [-0.39, 0.29) is 0 Å². The molecule has 1 heterocycles. The highest BCUT2D eigenvalue weighted by molar-refractivity contribution is 5.81. The van der Waals surface area contributed by atoms with Crippen molar-refractivity contribution in [2.45, 2.75) is 13.1 Å². The van der Waals surface area contributed by atoms with Gasteiger partial charge in [-0.05, 0) is 17.7 Å². The van der Waals surface area contributed by atoms with Gasteiger partial charge in [0.15, 0.2) is 0 Å². The van der Waals surface area contributed by atoms with Crippen LogP contribution in [0.1, 0.15) is 11.1 Å². The second-order valence-electron chi connectivity index (χ2n) is 4.91. The van der Waals surface area contributed by atoms with Crippen LogP contribution >= 0.6 is 0 Å². The van der Waals surface area contributed by atoms with Crippen LogP contribution in [0.5, 0.6) is 5.75 Å². The molecule has 21 heavy (non-hydrogen) atoms. The first-order valence-electron chi connectivity index (χ1n) is 7.04. The molecule has 0 unspecified atom stereocenters. The van der Waals surface area contributed by atoms with E-state index >= 15 is 0 Å². The van der Waals surface area contributed by atoms with Gasteiger partial charge in [-0.1, -0.05) is 42.5 Å². The summed E-state index contributed by atoms with van der Waals surface area (Å²) in [6.07, 6.45) is 1.84. The van der Waals surface area contributed by atoms with Crippen LogP contribution in [0.15, 0.2) is 60.8 Å². The fourth-order valence-corrected chi connectivity index (χ4v) is 2.49. The Morgan fingerprint density at radius 2 is 1.67 bits per heavy atom. The summed E-state index contributed by atoms with van der Waals surface area (Å²) in [7, 11) is 1.70. The van der Waals surface area contributed by atoms with Crippen LogP contribution in [0.2, 0.25) is 0 Å². The third-order valence-corrected chi connectivity index (χ3v) is 3.54. The van der Waals surface area contributed by atoms with E-state index in [1.165, 1.54) is 10.9 Å². The molecule has 0 atom stereocenters. The number of aromatic nitrogens is 1. The van der Waals surface area contributed by atoms with Crippen molar-refractivity contribution in [3.05, 3.63) is 71.9 Å². The van der Waals surface area contributed by atoms with E-state index in [0.717, 1.165) is 29.9 Å². The van der Waals surface area contributed by atoms with Crippen molar-refractivity contribution >= 4 is 10.9 Å². The average Bonchev–Trinajstić information content (AvgIpc) is 2.55. The Hall–Kier alpha value is -2.39. The van der Waals surface area contributed by atoms with Crippen molar-refractivity contribution in [3.63, 3.8) is 0 Å². The van der Waals surface area contributed by atoms with E-state index in [9.17, 15) is 0 Å². The van der Waals surface area contributed by atoms with Crippen LogP contribution in [0.4, 0.5) is 0 Å². The third kappa shape index (κ3) is 3.03. The molecule has 3 nitrogen and oxygen atoms in total. The zero-order chi connectivity index (χ0) is 14.5. The summed E-state index contributed by atoms with van der Waals surface area (Å²) in [4.78, 5) is 4.48. The van der Waals surface area contributed by atoms with Gasteiger partial charge < -0.3 is 10.1 Å². The zero-order valence-corrected chi connectivity index (χ0v) is 12.0. The number of hydrogen-bond acceptors (Lipinski definition) is 3. The van der Waals surface area contributed by atoms with Crippen molar-refractivity contribution in [1.29, 1.82) is 0 Å². The number of fused-ring (bicyclic) bond motifs is 1. The Bertz CT molecular complexity index is 735. The topological polar surface area (TPSA) is 34.1 Å². The van der Waals surface area contributed by atoms with Crippen LogP contribution in [0.3, 0.4) is 0 Å². The second kappa shape index (κ2) is 6.37. The molecule has 1 N–H and O–H groups in total. The molecule has 106 valence electrons. The first kappa shape index (κ1) is 13.6. The van der Waals surface area contributed by atoms with Crippen LogP contribution < -0.4 is 10.1 Å². The highest BCUT2D eigenvalue weighted by atomic mass is 16.5. The maximum atomic E-state index is 5.37. The largest absolute Gasteiger partial charge is 0.496 e. The Morgan fingerprint density at radius 1 is 0.905 bits per heavy atom. The number of hydrogen-bond donors (Lipinski definition) is 1. The standard InChI is InChI=1S/C18H18N2O/c1-21-17-10-3-2-6-15(17)12-19-13-16-8-4-7-14-9-5-11-20-18(14)16/h2-11,19H,12-13H2,1H3. The van der Waals surface area contributed by atoms with Gasteiger partial charge in [0.1, 0.15) is 5.75 Å². The number of nitrogens with zero attached hydrogens (tertiary/aromatic N) is 1. The molecule has 0 amide bonds. The molecule has 1 aromatic heterocycles. The molecule has 0 spiro atoms. The molecule has 3 aromatic rings. The molecule has 0 bridgehead atoms. The van der Waals surface area contributed by atoms with Crippen molar-refractivity contribution in [3.8, 4) is 5.75 Å². The molecule has 0 saturated carbocycles. The molecule has 0 aliphatic carbocycles. The Labute approximate surface area is 124 Å². The minimum atomic E-state index is 0.771. The number of benzene rings is 2. The minimum absolute atomic E-state index is 0.771.